The number of benzene rings is 1. The van der Waals surface area contributed by atoms with E-state index in [1.54, 1.807) is 30.3 Å². The Morgan fingerprint density at radius 1 is 1.57 bits per heavy atom. The number of nitrogen functional groups attached to an aromatic ring is 1. The number of esters is 1. The molecule has 2 N–H and O–H groups in total. The lowest BCUT2D eigenvalue weighted by Crippen LogP contribution is -2.14. The van der Waals surface area contributed by atoms with Crippen LogP contribution >= 0.6 is 0 Å². The zero-order valence-corrected chi connectivity index (χ0v) is 7.73. The topological polar surface area (TPSA) is 76.1 Å². The molecular weight excluding hydrogens is 180 g/mol. The van der Waals surface area contributed by atoms with Gasteiger partial charge in [0.05, 0.1) is 5.56 Å². The molecule has 1 atom stereocenters. The minimum Gasteiger partial charge on any atom is -0.444 e. The van der Waals surface area contributed by atoms with Gasteiger partial charge in [-0.15, -0.1) is 0 Å². The van der Waals surface area contributed by atoms with Crippen LogP contribution in [0.1, 0.15) is 17.3 Å². The van der Waals surface area contributed by atoms with Gasteiger partial charge in [-0.2, -0.15) is 5.26 Å². The summed E-state index contributed by atoms with van der Waals surface area (Å²) in [5.41, 5.74) is 6.19. The fourth-order valence-corrected chi connectivity index (χ4v) is 0.933. The number of carbonyl (C=O) groups is 1. The van der Waals surface area contributed by atoms with Gasteiger partial charge in [0.1, 0.15) is 6.07 Å². The third-order valence-corrected chi connectivity index (χ3v) is 1.65. The van der Waals surface area contributed by atoms with E-state index < -0.39 is 12.1 Å². The number of rotatable bonds is 2. The smallest absolute Gasteiger partial charge is 0.341 e. The van der Waals surface area contributed by atoms with E-state index in [1.165, 1.54) is 6.92 Å². The first-order chi connectivity index (χ1) is 6.65. The fourth-order valence-electron chi connectivity index (χ4n) is 0.933. The molecule has 0 saturated carbocycles. The van der Waals surface area contributed by atoms with E-state index in [9.17, 15) is 4.79 Å². The van der Waals surface area contributed by atoms with E-state index in [0.29, 0.717) is 5.69 Å². The molecule has 0 bridgehead atoms. The van der Waals surface area contributed by atoms with Crippen molar-refractivity contribution in [1.82, 2.24) is 0 Å². The Kier molecular flexibility index (Phi) is 3.08. The third-order valence-electron chi connectivity index (χ3n) is 1.65. The second-order valence-corrected chi connectivity index (χ2v) is 2.76. The quantitative estimate of drug-likeness (QED) is 0.564. The zero-order valence-electron chi connectivity index (χ0n) is 7.73. The summed E-state index contributed by atoms with van der Waals surface area (Å²) in [6, 6.07) is 8.37. The molecule has 0 aliphatic carbocycles. The number of ether oxygens (including phenoxy) is 1. The lowest BCUT2D eigenvalue weighted by atomic mass is 10.2. The lowest BCUT2D eigenvalue weighted by Gasteiger charge is -2.07. The predicted molar refractivity (Wildman–Crippen MR) is 51.3 cm³/mol. The van der Waals surface area contributed by atoms with Crippen LogP contribution in [0.25, 0.3) is 0 Å². The highest BCUT2D eigenvalue weighted by atomic mass is 16.5. The molecule has 72 valence electrons. The molecule has 14 heavy (non-hydrogen) atoms. The van der Waals surface area contributed by atoms with Crippen LogP contribution in [0.15, 0.2) is 24.3 Å². The van der Waals surface area contributed by atoms with Crippen molar-refractivity contribution < 1.29 is 9.53 Å². The van der Waals surface area contributed by atoms with Gasteiger partial charge >= 0.3 is 5.97 Å². The number of nitrogens with zero attached hydrogens (tertiary/aromatic N) is 1. The molecule has 1 unspecified atom stereocenters. The summed E-state index contributed by atoms with van der Waals surface area (Å²) in [5.74, 6) is -0.572. The summed E-state index contributed by atoms with van der Waals surface area (Å²) in [7, 11) is 0. The Labute approximate surface area is 81.9 Å². The molecular formula is C10H10N2O2. The standard InChI is InChI=1S/C10H10N2O2/c1-7(6-11)14-10(13)8-4-2-3-5-9(8)12/h2-5,7H,12H2,1H3. The summed E-state index contributed by atoms with van der Waals surface area (Å²) in [6.45, 7) is 1.50. The van der Waals surface area contributed by atoms with Crippen molar-refractivity contribution in [2.45, 2.75) is 13.0 Å². The van der Waals surface area contributed by atoms with Crippen LogP contribution in [0.4, 0.5) is 5.69 Å². The van der Waals surface area contributed by atoms with Gasteiger partial charge in [0, 0.05) is 5.69 Å². The number of nitrogens with two attached hydrogens (primary N) is 1. The largest absolute Gasteiger partial charge is 0.444 e. The average Bonchev–Trinajstić information content (AvgIpc) is 2.18. The molecule has 0 fully saturated rings. The summed E-state index contributed by atoms with van der Waals surface area (Å²) in [6.07, 6.45) is -0.762. The van der Waals surface area contributed by atoms with Gasteiger partial charge < -0.3 is 10.5 Å². The monoisotopic (exact) mass is 190 g/mol. The first-order valence-corrected chi connectivity index (χ1v) is 4.10. The average molecular weight is 190 g/mol. The molecule has 1 aromatic rings. The number of para-hydroxylation sites is 1. The number of hydrogen-bond acceptors (Lipinski definition) is 4. The summed E-state index contributed by atoms with van der Waals surface area (Å²) in [4.78, 5) is 11.4. The van der Waals surface area contributed by atoms with Gasteiger partial charge in [-0.05, 0) is 19.1 Å². The molecule has 0 amide bonds. The highest BCUT2D eigenvalue weighted by molar-refractivity contribution is 5.95. The first-order valence-electron chi connectivity index (χ1n) is 4.10. The van der Waals surface area contributed by atoms with Crippen LogP contribution in [0.3, 0.4) is 0 Å². The molecule has 0 spiro atoms. The van der Waals surface area contributed by atoms with Crippen molar-refractivity contribution in [3.63, 3.8) is 0 Å². The molecule has 4 nitrogen and oxygen atoms in total. The van der Waals surface area contributed by atoms with Crippen molar-refractivity contribution in [2.24, 2.45) is 0 Å². The van der Waals surface area contributed by atoms with Crippen molar-refractivity contribution >= 4 is 11.7 Å². The number of nitriles is 1. The maximum atomic E-state index is 11.4. The van der Waals surface area contributed by atoms with Gasteiger partial charge in [-0.1, -0.05) is 12.1 Å². The van der Waals surface area contributed by atoms with Crippen LogP contribution in [-0.2, 0) is 4.74 Å². The third kappa shape index (κ3) is 2.23. The SMILES string of the molecule is CC(C#N)OC(=O)c1ccccc1N. The maximum absolute atomic E-state index is 11.4. The lowest BCUT2D eigenvalue weighted by molar-refractivity contribution is 0.0437. The number of hydrogen-bond donors (Lipinski definition) is 1. The van der Waals surface area contributed by atoms with Crippen LogP contribution in [0.5, 0.6) is 0 Å². The van der Waals surface area contributed by atoms with Gasteiger partial charge in [-0.25, -0.2) is 4.79 Å². The molecule has 0 aliphatic rings. The van der Waals surface area contributed by atoms with E-state index in [1.807, 2.05) is 0 Å². The zero-order chi connectivity index (χ0) is 10.6. The molecule has 0 heterocycles. The van der Waals surface area contributed by atoms with E-state index >= 15 is 0 Å². The molecule has 0 saturated heterocycles. The molecule has 0 radical (unpaired) electrons. The van der Waals surface area contributed by atoms with E-state index in [-0.39, 0.29) is 5.56 Å². The Hall–Kier alpha value is -2.02. The first kappa shape index (κ1) is 10.1. The molecule has 1 aromatic carbocycles. The molecule has 0 aliphatic heterocycles. The van der Waals surface area contributed by atoms with Gasteiger partial charge in [0.2, 0.25) is 0 Å². The van der Waals surface area contributed by atoms with Crippen molar-refractivity contribution in [2.75, 3.05) is 5.73 Å². The number of anilines is 1. The highest BCUT2D eigenvalue weighted by Crippen LogP contribution is 2.12. The Bertz CT molecular complexity index is 382. The molecule has 4 heteroatoms. The van der Waals surface area contributed by atoms with Crippen molar-refractivity contribution in [1.29, 1.82) is 5.26 Å². The van der Waals surface area contributed by atoms with E-state index in [4.69, 9.17) is 15.7 Å². The minimum atomic E-state index is -0.762. The molecule has 1 rings (SSSR count). The Balaban J connectivity index is 2.81. The maximum Gasteiger partial charge on any atom is 0.341 e. The van der Waals surface area contributed by atoms with Gasteiger partial charge in [0.25, 0.3) is 0 Å². The van der Waals surface area contributed by atoms with Gasteiger partial charge in [-0.3, -0.25) is 0 Å². The molecule has 0 aromatic heterocycles. The Morgan fingerprint density at radius 3 is 2.79 bits per heavy atom. The Morgan fingerprint density at radius 2 is 2.21 bits per heavy atom. The van der Waals surface area contributed by atoms with E-state index in [2.05, 4.69) is 0 Å². The summed E-state index contributed by atoms with van der Waals surface area (Å²) in [5, 5.41) is 8.44. The van der Waals surface area contributed by atoms with Crippen LogP contribution < -0.4 is 5.73 Å². The van der Waals surface area contributed by atoms with Crippen LogP contribution in [-0.4, -0.2) is 12.1 Å². The predicted octanol–water partition coefficient (Wildman–Crippen LogP) is 1.34. The van der Waals surface area contributed by atoms with E-state index in [0.717, 1.165) is 0 Å². The van der Waals surface area contributed by atoms with Crippen LogP contribution in [0.2, 0.25) is 0 Å². The second kappa shape index (κ2) is 4.28. The normalized spacial score (nSPS) is 11.4. The summed E-state index contributed by atoms with van der Waals surface area (Å²) >= 11 is 0. The number of carbonyl (C=O) groups excluding carboxylic acids is 1. The van der Waals surface area contributed by atoms with Gasteiger partial charge in [0.15, 0.2) is 6.10 Å². The second-order valence-electron chi connectivity index (χ2n) is 2.76. The highest BCUT2D eigenvalue weighted by Gasteiger charge is 2.13. The fraction of sp³-hybridized carbons (Fsp3) is 0.200. The minimum absolute atomic E-state index is 0.287. The van der Waals surface area contributed by atoms with Crippen LogP contribution in [0, 0.1) is 11.3 Å². The van der Waals surface area contributed by atoms with Crippen molar-refractivity contribution in [3.05, 3.63) is 29.8 Å². The summed E-state index contributed by atoms with van der Waals surface area (Å²) < 4.78 is 4.79. The van der Waals surface area contributed by atoms with Crippen molar-refractivity contribution in [3.8, 4) is 6.07 Å².